The summed E-state index contributed by atoms with van der Waals surface area (Å²) in [4.78, 5) is 7.11. The minimum absolute atomic E-state index is 0. The largest absolute Gasteiger partial charge is 0.497 e. The first-order chi connectivity index (χ1) is 14.1. The number of hydrogen-bond donors (Lipinski definition) is 3. The van der Waals surface area contributed by atoms with Gasteiger partial charge in [0.25, 0.3) is 0 Å². The lowest BCUT2D eigenvalue weighted by Crippen LogP contribution is -2.47. The molecule has 1 heterocycles. The Morgan fingerprint density at radius 3 is 2.52 bits per heavy atom. The topological polar surface area (TPSA) is 95.1 Å². The van der Waals surface area contributed by atoms with Crippen molar-refractivity contribution in [2.75, 3.05) is 46.1 Å². The molecule has 31 heavy (non-hydrogen) atoms. The summed E-state index contributed by atoms with van der Waals surface area (Å²) in [6.45, 7) is 9.54. The molecule has 1 unspecified atom stereocenters. The highest BCUT2D eigenvalue weighted by Crippen LogP contribution is 2.27. The Labute approximate surface area is 204 Å². The molecule has 1 aliphatic rings. The number of aliphatic imine (C=N–C) groups is 1. The molecular weight excluding hydrogens is 529 g/mol. The second-order valence-corrected chi connectivity index (χ2v) is 10.1. The number of benzene rings is 1. The van der Waals surface area contributed by atoms with E-state index in [1.165, 1.54) is 18.4 Å². The standard InChI is InChI=1S/C21H37N5O3S.HI/c1-6-22-20(24-16-21(2,3)25-30(5,27)28)23-15-19(26-12-7-8-13-26)17-10-9-11-18(14-17)29-4;/h9-11,14,19,25H,6-8,12-13,15-16H2,1-5H3,(H2,22,23,24);1H. The molecule has 0 spiro atoms. The number of nitrogens with one attached hydrogen (secondary N) is 3. The number of methoxy groups -OCH3 is 1. The molecule has 0 aromatic heterocycles. The maximum atomic E-state index is 11.6. The molecule has 8 nitrogen and oxygen atoms in total. The second kappa shape index (κ2) is 12.8. The molecule has 1 aromatic rings. The van der Waals surface area contributed by atoms with E-state index in [1.807, 2.05) is 32.9 Å². The van der Waals surface area contributed by atoms with E-state index in [4.69, 9.17) is 4.74 Å². The Kier molecular flexibility index (Phi) is 11.5. The summed E-state index contributed by atoms with van der Waals surface area (Å²) in [5.41, 5.74) is 0.538. The monoisotopic (exact) mass is 567 g/mol. The van der Waals surface area contributed by atoms with Gasteiger partial charge in [-0.1, -0.05) is 12.1 Å². The van der Waals surface area contributed by atoms with Gasteiger partial charge in [0.15, 0.2) is 5.96 Å². The van der Waals surface area contributed by atoms with Crippen LogP contribution in [-0.2, 0) is 10.0 Å². The van der Waals surface area contributed by atoms with Crippen molar-refractivity contribution in [2.45, 2.75) is 45.2 Å². The fourth-order valence-corrected chi connectivity index (χ4v) is 4.77. The SMILES string of the molecule is CCNC(=NCC(C)(C)NS(C)(=O)=O)NCC(c1cccc(OC)c1)N1CCCC1.I. The van der Waals surface area contributed by atoms with Gasteiger partial charge in [-0.2, -0.15) is 0 Å². The summed E-state index contributed by atoms with van der Waals surface area (Å²) in [6.07, 6.45) is 3.58. The Hall–Kier alpha value is -1.11. The van der Waals surface area contributed by atoms with Crippen LogP contribution in [0.4, 0.5) is 0 Å². The third kappa shape index (κ3) is 9.92. The van der Waals surface area contributed by atoms with Gasteiger partial charge in [0.05, 0.1) is 26.0 Å². The molecule has 0 amide bonds. The number of ether oxygens (including phenoxy) is 1. The highest BCUT2D eigenvalue weighted by Gasteiger charge is 2.25. The fraction of sp³-hybridized carbons (Fsp3) is 0.667. The van der Waals surface area contributed by atoms with Crippen molar-refractivity contribution in [3.05, 3.63) is 29.8 Å². The van der Waals surface area contributed by atoms with Crippen LogP contribution in [0.25, 0.3) is 0 Å². The van der Waals surface area contributed by atoms with E-state index in [9.17, 15) is 8.42 Å². The number of sulfonamides is 1. The molecule has 2 rings (SSSR count). The lowest BCUT2D eigenvalue weighted by atomic mass is 10.1. The number of hydrogen-bond acceptors (Lipinski definition) is 5. The number of guanidine groups is 1. The average Bonchev–Trinajstić information content (AvgIpc) is 3.19. The normalized spacial score (nSPS) is 16.5. The number of halogens is 1. The predicted molar refractivity (Wildman–Crippen MR) is 138 cm³/mol. The van der Waals surface area contributed by atoms with E-state index < -0.39 is 15.6 Å². The van der Waals surface area contributed by atoms with Crippen molar-refractivity contribution in [3.8, 4) is 5.75 Å². The number of likely N-dealkylation sites (tertiary alicyclic amines) is 1. The van der Waals surface area contributed by atoms with Gasteiger partial charge in [-0.05, 0) is 64.4 Å². The lowest BCUT2D eigenvalue weighted by molar-refractivity contribution is 0.245. The van der Waals surface area contributed by atoms with E-state index in [1.54, 1.807) is 7.11 Å². The molecule has 1 aliphatic heterocycles. The molecule has 0 aliphatic carbocycles. The van der Waals surface area contributed by atoms with Gasteiger partial charge < -0.3 is 15.4 Å². The van der Waals surface area contributed by atoms with Crippen molar-refractivity contribution in [1.29, 1.82) is 0 Å². The third-order valence-electron chi connectivity index (χ3n) is 4.96. The smallest absolute Gasteiger partial charge is 0.209 e. The van der Waals surface area contributed by atoms with Crippen LogP contribution >= 0.6 is 24.0 Å². The Morgan fingerprint density at radius 1 is 1.26 bits per heavy atom. The zero-order valence-electron chi connectivity index (χ0n) is 19.3. The summed E-state index contributed by atoms with van der Waals surface area (Å²) >= 11 is 0. The minimum Gasteiger partial charge on any atom is -0.497 e. The van der Waals surface area contributed by atoms with Gasteiger partial charge >= 0.3 is 0 Å². The maximum Gasteiger partial charge on any atom is 0.209 e. The van der Waals surface area contributed by atoms with Crippen molar-refractivity contribution < 1.29 is 13.2 Å². The van der Waals surface area contributed by atoms with Crippen LogP contribution in [0.1, 0.15) is 45.2 Å². The molecule has 0 radical (unpaired) electrons. The number of rotatable bonds is 10. The first kappa shape index (κ1) is 27.9. The first-order valence-electron chi connectivity index (χ1n) is 10.5. The zero-order valence-corrected chi connectivity index (χ0v) is 22.4. The van der Waals surface area contributed by atoms with Gasteiger partial charge in [-0.15, -0.1) is 24.0 Å². The van der Waals surface area contributed by atoms with Crippen LogP contribution in [-0.4, -0.2) is 70.9 Å². The van der Waals surface area contributed by atoms with Crippen molar-refractivity contribution >= 4 is 40.0 Å². The van der Waals surface area contributed by atoms with Gasteiger partial charge in [-0.25, -0.2) is 13.1 Å². The van der Waals surface area contributed by atoms with E-state index >= 15 is 0 Å². The van der Waals surface area contributed by atoms with Crippen LogP contribution in [0.2, 0.25) is 0 Å². The molecule has 0 saturated carbocycles. The second-order valence-electron chi connectivity index (χ2n) is 8.37. The summed E-state index contributed by atoms with van der Waals surface area (Å²) in [5, 5.41) is 6.70. The minimum atomic E-state index is -3.30. The fourth-order valence-electron chi connectivity index (χ4n) is 3.71. The third-order valence-corrected chi connectivity index (χ3v) is 5.88. The molecule has 1 saturated heterocycles. The molecule has 3 N–H and O–H groups in total. The zero-order chi connectivity index (χ0) is 22.2. The quantitative estimate of drug-likeness (QED) is 0.228. The van der Waals surface area contributed by atoms with E-state index in [0.29, 0.717) is 19.0 Å². The molecular formula is C21H38IN5O3S. The highest BCUT2D eigenvalue weighted by atomic mass is 127. The van der Waals surface area contributed by atoms with Crippen molar-refractivity contribution in [3.63, 3.8) is 0 Å². The molecule has 1 atom stereocenters. The lowest BCUT2D eigenvalue weighted by Gasteiger charge is -2.29. The van der Waals surface area contributed by atoms with Crippen LogP contribution in [0, 0.1) is 0 Å². The molecule has 1 aromatic carbocycles. The van der Waals surface area contributed by atoms with E-state index in [-0.39, 0.29) is 30.0 Å². The molecule has 10 heteroatoms. The molecule has 0 bridgehead atoms. The predicted octanol–water partition coefficient (Wildman–Crippen LogP) is 2.33. The van der Waals surface area contributed by atoms with Crippen molar-refractivity contribution in [2.24, 2.45) is 4.99 Å². The summed E-state index contributed by atoms with van der Waals surface area (Å²) in [7, 11) is -1.62. The maximum absolute atomic E-state index is 11.6. The van der Waals surface area contributed by atoms with E-state index in [0.717, 1.165) is 31.6 Å². The Bertz CT molecular complexity index is 811. The van der Waals surface area contributed by atoms with E-state index in [2.05, 4.69) is 37.4 Å². The molecule has 178 valence electrons. The summed E-state index contributed by atoms with van der Waals surface area (Å²) in [5.74, 6) is 1.53. The van der Waals surface area contributed by atoms with Crippen LogP contribution < -0.4 is 20.1 Å². The van der Waals surface area contributed by atoms with Gasteiger partial charge in [0, 0.05) is 18.6 Å². The number of nitrogens with zero attached hydrogens (tertiary/aromatic N) is 2. The van der Waals surface area contributed by atoms with Crippen LogP contribution in [0.3, 0.4) is 0 Å². The van der Waals surface area contributed by atoms with Gasteiger partial charge in [0.1, 0.15) is 5.75 Å². The van der Waals surface area contributed by atoms with Gasteiger partial charge in [-0.3, -0.25) is 9.89 Å². The average molecular weight is 568 g/mol. The summed E-state index contributed by atoms with van der Waals surface area (Å²) < 4.78 is 31.2. The van der Waals surface area contributed by atoms with Crippen LogP contribution in [0.15, 0.2) is 29.3 Å². The summed E-state index contributed by atoms with van der Waals surface area (Å²) in [6, 6.07) is 8.41. The Morgan fingerprint density at radius 2 is 1.94 bits per heavy atom. The van der Waals surface area contributed by atoms with Crippen molar-refractivity contribution in [1.82, 2.24) is 20.3 Å². The van der Waals surface area contributed by atoms with Crippen LogP contribution in [0.5, 0.6) is 5.75 Å². The van der Waals surface area contributed by atoms with Gasteiger partial charge in [0.2, 0.25) is 10.0 Å². The first-order valence-corrected chi connectivity index (χ1v) is 12.4. The molecule has 1 fully saturated rings. The highest BCUT2D eigenvalue weighted by molar-refractivity contribution is 14.0. The Balaban J connectivity index is 0.00000480.